The van der Waals surface area contributed by atoms with Crippen molar-refractivity contribution in [2.75, 3.05) is 5.32 Å². The summed E-state index contributed by atoms with van der Waals surface area (Å²) in [6.07, 6.45) is 7.93. The molecule has 2 aromatic rings. The van der Waals surface area contributed by atoms with Crippen LogP contribution in [0.15, 0.2) is 18.2 Å². The van der Waals surface area contributed by atoms with Crippen LogP contribution in [-0.2, 0) is 27.1 Å². The lowest BCUT2D eigenvalue weighted by molar-refractivity contribution is -0.116. The van der Waals surface area contributed by atoms with E-state index in [2.05, 4.69) is 31.3 Å². The maximum atomic E-state index is 12.7. The van der Waals surface area contributed by atoms with Gasteiger partial charge in [0.15, 0.2) is 0 Å². The summed E-state index contributed by atoms with van der Waals surface area (Å²) in [7, 11) is -0.922. The quantitative estimate of drug-likeness (QED) is 0.802. The van der Waals surface area contributed by atoms with Crippen molar-refractivity contribution in [2.45, 2.75) is 70.3 Å². The van der Waals surface area contributed by atoms with Crippen molar-refractivity contribution in [1.29, 1.82) is 0 Å². The predicted octanol–water partition coefficient (Wildman–Crippen LogP) is 4.55. The van der Waals surface area contributed by atoms with E-state index in [1.54, 1.807) is 0 Å². The first-order valence-corrected chi connectivity index (χ1v) is 11.8. The van der Waals surface area contributed by atoms with Crippen LogP contribution in [0.3, 0.4) is 0 Å². The Labute approximate surface area is 169 Å². The van der Waals surface area contributed by atoms with E-state index in [4.69, 9.17) is 5.10 Å². The van der Waals surface area contributed by atoms with Crippen molar-refractivity contribution in [1.82, 2.24) is 9.78 Å². The summed E-state index contributed by atoms with van der Waals surface area (Å²) >= 11 is 0. The highest BCUT2D eigenvalue weighted by Gasteiger charge is 2.28. The fourth-order valence-electron chi connectivity index (χ4n) is 4.48. The van der Waals surface area contributed by atoms with Crippen LogP contribution in [-0.4, -0.2) is 19.9 Å². The zero-order valence-electron chi connectivity index (χ0n) is 16.8. The molecule has 1 aromatic heterocycles. The largest absolute Gasteiger partial charge is 0.310 e. The molecule has 150 valence electrons. The molecule has 2 aliphatic rings. The van der Waals surface area contributed by atoms with Crippen molar-refractivity contribution in [3.05, 3.63) is 40.6 Å². The molecule has 0 radical (unpaired) electrons. The molecule has 2 heterocycles. The molecule has 4 rings (SSSR count). The van der Waals surface area contributed by atoms with Gasteiger partial charge in [-0.3, -0.25) is 9.00 Å². The summed E-state index contributed by atoms with van der Waals surface area (Å²) in [5.74, 6) is 2.37. The summed E-state index contributed by atoms with van der Waals surface area (Å²) in [5.41, 5.74) is 5.05. The lowest BCUT2D eigenvalue weighted by Gasteiger charge is -2.21. The molecule has 1 unspecified atom stereocenters. The van der Waals surface area contributed by atoms with Crippen LogP contribution in [0, 0.1) is 19.8 Å². The summed E-state index contributed by atoms with van der Waals surface area (Å²) in [6.45, 7) is 4.12. The number of rotatable bonds is 5. The highest BCUT2D eigenvalue weighted by atomic mass is 32.2. The van der Waals surface area contributed by atoms with Gasteiger partial charge in [-0.15, -0.1) is 0 Å². The van der Waals surface area contributed by atoms with Crippen molar-refractivity contribution in [3.63, 3.8) is 0 Å². The number of carbonyl (C=O) groups is 1. The van der Waals surface area contributed by atoms with E-state index in [0.717, 1.165) is 28.9 Å². The molecule has 0 spiro atoms. The van der Waals surface area contributed by atoms with E-state index in [-0.39, 0.29) is 5.91 Å². The van der Waals surface area contributed by atoms with E-state index in [1.165, 1.54) is 37.7 Å². The monoisotopic (exact) mass is 399 g/mol. The van der Waals surface area contributed by atoms with Crippen molar-refractivity contribution in [3.8, 4) is 5.69 Å². The first-order chi connectivity index (χ1) is 13.5. The van der Waals surface area contributed by atoms with Crippen LogP contribution in [0.1, 0.15) is 67.3 Å². The molecule has 1 fully saturated rings. The van der Waals surface area contributed by atoms with Gasteiger partial charge in [0.1, 0.15) is 5.82 Å². The Morgan fingerprint density at radius 1 is 1.21 bits per heavy atom. The van der Waals surface area contributed by atoms with Gasteiger partial charge in [0.2, 0.25) is 5.91 Å². The number of anilines is 1. The molecule has 1 N–H and O–H groups in total. The molecule has 1 saturated carbocycles. The van der Waals surface area contributed by atoms with Crippen LogP contribution in [0.25, 0.3) is 5.69 Å². The average molecular weight is 400 g/mol. The highest BCUT2D eigenvalue weighted by molar-refractivity contribution is 7.83. The van der Waals surface area contributed by atoms with Crippen LogP contribution in [0.5, 0.6) is 0 Å². The Bertz CT molecular complexity index is 913. The predicted molar refractivity (Wildman–Crippen MR) is 113 cm³/mol. The molecular formula is C22H29N3O2S. The topological polar surface area (TPSA) is 64.0 Å². The number of fused-ring (bicyclic) bond motifs is 1. The second-order valence-electron chi connectivity index (χ2n) is 8.29. The molecule has 1 amide bonds. The molecule has 0 bridgehead atoms. The van der Waals surface area contributed by atoms with Gasteiger partial charge in [-0.25, -0.2) is 4.68 Å². The maximum absolute atomic E-state index is 12.7. The SMILES string of the molecule is Cc1ccc(-n2nc3c(c2NC(=O)CCC2CCCCC2)CS(=O)C3)c(C)c1. The number of benzene rings is 1. The van der Waals surface area contributed by atoms with Crippen LogP contribution < -0.4 is 5.32 Å². The van der Waals surface area contributed by atoms with E-state index in [1.807, 2.05) is 10.7 Å². The summed E-state index contributed by atoms with van der Waals surface area (Å²) in [6, 6.07) is 6.22. The maximum Gasteiger partial charge on any atom is 0.225 e. The minimum atomic E-state index is -0.922. The average Bonchev–Trinajstić information content (AvgIpc) is 3.18. The Kier molecular flexibility index (Phi) is 5.67. The third-order valence-corrected chi connectivity index (χ3v) is 7.22. The number of hydrogen-bond donors (Lipinski definition) is 1. The number of aryl methyl sites for hydroxylation is 2. The van der Waals surface area contributed by atoms with Crippen molar-refractivity contribution >= 4 is 22.5 Å². The highest BCUT2D eigenvalue weighted by Crippen LogP contribution is 2.33. The van der Waals surface area contributed by atoms with Gasteiger partial charge < -0.3 is 5.32 Å². The minimum Gasteiger partial charge on any atom is -0.310 e. The molecule has 1 aliphatic carbocycles. The lowest BCUT2D eigenvalue weighted by Crippen LogP contribution is -2.18. The van der Waals surface area contributed by atoms with Gasteiger partial charge in [-0.2, -0.15) is 5.10 Å². The molecular weight excluding hydrogens is 370 g/mol. The van der Waals surface area contributed by atoms with E-state index < -0.39 is 10.8 Å². The van der Waals surface area contributed by atoms with Gasteiger partial charge in [0, 0.05) is 22.8 Å². The molecule has 28 heavy (non-hydrogen) atoms. The third-order valence-electron chi connectivity index (χ3n) is 6.01. The summed E-state index contributed by atoms with van der Waals surface area (Å²) < 4.78 is 13.9. The number of nitrogens with one attached hydrogen (secondary N) is 1. The number of nitrogens with zero attached hydrogens (tertiary/aromatic N) is 2. The number of amides is 1. The zero-order valence-corrected chi connectivity index (χ0v) is 17.6. The van der Waals surface area contributed by atoms with Crippen LogP contribution >= 0.6 is 0 Å². The van der Waals surface area contributed by atoms with Gasteiger partial charge in [0.05, 0.1) is 22.9 Å². The van der Waals surface area contributed by atoms with Crippen molar-refractivity contribution in [2.24, 2.45) is 5.92 Å². The van der Waals surface area contributed by atoms with Gasteiger partial charge in [0.25, 0.3) is 0 Å². The van der Waals surface area contributed by atoms with E-state index in [9.17, 15) is 9.00 Å². The van der Waals surface area contributed by atoms with Gasteiger partial charge in [-0.1, -0.05) is 49.8 Å². The summed E-state index contributed by atoms with van der Waals surface area (Å²) in [5, 5.41) is 7.83. The fourth-order valence-corrected chi connectivity index (χ4v) is 5.74. The molecule has 1 aromatic carbocycles. The fraction of sp³-hybridized carbons (Fsp3) is 0.545. The second kappa shape index (κ2) is 8.19. The van der Waals surface area contributed by atoms with Crippen LogP contribution in [0.2, 0.25) is 0 Å². The van der Waals surface area contributed by atoms with Gasteiger partial charge >= 0.3 is 0 Å². The first kappa shape index (κ1) is 19.4. The molecule has 1 aliphatic heterocycles. The Morgan fingerprint density at radius 2 is 2.00 bits per heavy atom. The number of carbonyl (C=O) groups excluding carboxylic acids is 1. The van der Waals surface area contributed by atoms with E-state index >= 15 is 0 Å². The molecule has 6 heteroatoms. The number of aromatic nitrogens is 2. The number of hydrogen-bond acceptors (Lipinski definition) is 3. The van der Waals surface area contributed by atoms with Crippen LogP contribution in [0.4, 0.5) is 5.82 Å². The van der Waals surface area contributed by atoms with Crippen molar-refractivity contribution < 1.29 is 9.00 Å². The van der Waals surface area contributed by atoms with E-state index in [0.29, 0.717) is 29.7 Å². The summed E-state index contributed by atoms with van der Waals surface area (Å²) in [4.78, 5) is 12.7. The zero-order chi connectivity index (χ0) is 19.7. The Hall–Kier alpha value is -1.95. The first-order valence-electron chi connectivity index (χ1n) is 10.3. The lowest BCUT2D eigenvalue weighted by atomic mass is 9.86. The normalized spacial score (nSPS) is 19.6. The standard InChI is InChI=1S/C22H29N3O2S/c1-15-8-10-20(16(2)12-15)25-22(18-13-28(27)14-19(18)24-25)23-21(26)11-9-17-6-4-3-5-7-17/h8,10,12,17H,3-7,9,11,13-14H2,1-2H3,(H,23,26). The molecule has 5 nitrogen and oxygen atoms in total. The minimum absolute atomic E-state index is 0.0389. The molecule has 0 saturated heterocycles. The van der Waals surface area contributed by atoms with Gasteiger partial charge in [-0.05, 0) is 37.8 Å². The Morgan fingerprint density at radius 3 is 2.75 bits per heavy atom. The second-order valence-corrected chi connectivity index (χ2v) is 9.75. The molecule has 1 atom stereocenters. The smallest absolute Gasteiger partial charge is 0.225 e. The Balaban J connectivity index is 1.56. The third kappa shape index (κ3) is 4.07.